The van der Waals surface area contributed by atoms with Gasteiger partial charge < -0.3 is 5.11 Å². The number of thiophene rings is 1. The number of aryl methyl sites for hydroxylation is 1. The quantitative estimate of drug-likeness (QED) is 0.904. The van der Waals surface area contributed by atoms with Crippen LogP contribution in [0.5, 0.6) is 0 Å². The topological polar surface area (TPSA) is 20.2 Å². The van der Waals surface area contributed by atoms with Crippen molar-refractivity contribution >= 4 is 27.3 Å². The molecule has 0 aliphatic rings. The molecule has 2 rings (SSSR count). The maximum atomic E-state index is 10.1. The molecular weight excluding hydrogens is 284 g/mol. The summed E-state index contributed by atoms with van der Waals surface area (Å²) in [5.41, 5.74) is 2.43. The number of aliphatic hydroxyl groups excluding tert-OH is 1. The van der Waals surface area contributed by atoms with E-state index < -0.39 is 6.10 Å². The lowest BCUT2D eigenvalue weighted by molar-refractivity contribution is 0.181. The van der Waals surface area contributed by atoms with Crippen molar-refractivity contribution in [1.82, 2.24) is 0 Å². The fourth-order valence-electron chi connectivity index (χ4n) is 1.68. The van der Waals surface area contributed by atoms with E-state index in [-0.39, 0.29) is 0 Å². The van der Waals surface area contributed by atoms with Gasteiger partial charge in [0, 0.05) is 15.8 Å². The summed E-state index contributed by atoms with van der Waals surface area (Å²) in [6.07, 6.45) is 0.252. The molecule has 1 unspecified atom stereocenters. The Morgan fingerprint density at radius 1 is 1.31 bits per heavy atom. The molecule has 1 aromatic carbocycles. The molecule has 2 aromatic rings. The van der Waals surface area contributed by atoms with Crippen LogP contribution in [0.3, 0.4) is 0 Å². The molecule has 1 aromatic heterocycles. The second-order valence-electron chi connectivity index (χ2n) is 3.78. The molecule has 1 N–H and O–H groups in total. The summed E-state index contributed by atoms with van der Waals surface area (Å²) in [4.78, 5) is 1.00. The molecular formula is C13H13BrOS. The summed E-state index contributed by atoms with van der Waals surface area (Å²) < 4.78 is 0.999. The van der Waals surface area contributed by atoms with E-state index in [1.54, 1.807) is 11.3 Å². The van der Waals surface area contributed by atoms with Crippen LogP contribution in [0.1, 0.15) is 22.1 Å². The third-order valence-corrected chi connectivity index (χ3v) is 4.59. The molecule has 0 spiro atoms. The molecule has 0 amide bonds. The Balaban J connectivity index is 2.17. The van der Waals surface area contributed by atoms with E-state index in [1.807, 2.05) is 23.6 Å². The van der Waals surface area contributed by atoms with Crippen LogP contribution in [-0.4, -0.2) is 5.11 Å². The highest BCUT2D eigenvalue weighted by Gasteiger charge is 2.14. The fraction of sp³-hybridized carbons (Fsp3) is 0.231. The van der Waals surface area contributed by atoms with Crippen LogP contribution in [0.25, 0.3) is 0 Å². The summed E-state index contributed by atoms with van der Waals surface area (Å²) in [6.45, 7) is 2.07. The molecule has 0 bridgehead atoms. The largest absolute Gasteiger partial charge is 0.387 e. The Morgan fingerprint density at radius 2 is 2.06 bits per heavy atom. The Bertz CT molecular complexity index is 478. The van der Waals surface area contributed by atoms with E-state index in [0.717, 1.165) is 9.35 Å². The lowest BCUT2D eigenvalue weighted by Crippen LogP contribution is -2.01. The first-order chi connectivity index (χ1) is 7.68. The van der Waals surface area contributed by atoms with Gasteiger partial charge in [0.15, 0.2) is 0 Å². The van der Waals surface area contributed by atoms with Gasteiger partial charge in [-0.2, -0.15) is 0 Å². The Morgan fingerprint density at radius 3 is 2.69 bits per heavy atom. The van der Waals surface area contributed by atoms with Crippen LogP contribution < -0.4 is 0 Å². The molecule has 0 fully saturated rings. The average Bonchev–Trinajstić information content (AvgIpc) is 2.68. The van der Waals surface area contributed by atoms with Crippen molar-refractivity contribution < 1.29 is 5.11 Å². The maximum Gasteiger partial charge on any atom is 0.0933 e. The van der Waals surface area contributed by atoms with E-state index in [0.29, 0.717) is 6.42 Å². The summed E-state index contributed by atoms with van der Waals surface area (Å²) in [5, 5.41) is 12.1. The molecule has 16 heavy (non-hydrogen) atoms. The van der Waals surface area contributed by atoms with Gasteiger partial charge in [-0.25, -0.2) is 0 Å². The predicted molar refractivity (Wildman–Crippen MR) is 71.9 cm³/mol. The molecule has 0 aliphatic carbocycles. The molecule has 3 heteroatoms. The van der Waals surface area contributed by atoms with Gasteiger partial charge in [-0.1, -0.05) is 24.3 Å². The average molecular weight is 297 g/mol. The Kier molecular flexibility index (Phi) is 3.79. The van der Waals surface area contributed by atoms with Crippen LogP contribution in [0.4, 0.5) is 0 Å². The number of hydrogen-bond acceptors (Lipinski definition) is 2. The first-order valence-electron chi connectivity index (χ1n) is 5.14. The maximum absolute atomic E-state index is 10.1. The zero-order chi connectivity index (χ0) is 11.5. The highest BCUT2D eigenvalue weighted by atomic mass is 79.9. The normalized spacial score (nSPS) is 12.7. The van der Waals surface area contributed by atoms with E-state index in [1.165, 1.54) is 11.1 Å². The number of aliphatic hydroxyl groups is 1. The van der Waals surface area contributed by atoms with Gasteiger partial charge in [-0.15, -0.1) is 11.3 Å². The number of rotatable bonds is 3. The monoisotopic (exact) mass is 296 g/mol. The van der Waals surface area contributed by atoms with Crippen LogP contribution in [0.2, 0.25) is 0 Å². The van der Waals surface area contributed by atoms with E-state index in [9.17, 15) is 5.11 Å². The second kappa shape index (κ2) is 5.13. The minimum Gasteiger partial charge on any atom is -0.387 e. The van der Waals surface area contributed by atoms with E-state index >= 15 is 0 Å². The summed E-state index contributed by atoms with van der Waals surface area (Å²) >= 11 is 5.04. The third-order valence-electron chi connectivity index (χ3n) is 2.62. The van der Waals surface area contributed by atoms with E-state index in [2.05, 4.69) is 35.0 Å². The molecule has 84 valence electrons. The SMILES string of the molecule is Cc1ccccc1CC(O)c1sccc1Br. The van der Waals surface area contributed by atoms with Gasteiger partial charge in [0.1, 0.15) is 0 Å². The van der Waals surface area contributed by atoms with Crippen LogP contribution in [0, 0.1) is 6.92 Å². The lowest BCUT2D eigenvalue weighted by atomic mass is 10.0. The molecule has 1 atom stereocenters. The number of halogens is 1. The van der Waals surface area contributed by atoms with E-state index in [4.69, 9.17) is 0 Å². The highest BCUT2D eigenvalue weighted by Crippen LogP contribution is 2.31. The van der Waals surface area contributed by atoms with Crippen molar-refractivity contribution in [2.45, 2.75) is 19.4 Å². The summed E-state index contributed by atoms with van der Waals surface area (Å²) in [6, 6.07) is 10.2. The molecule has 1 nitrogen and oxygen atoms in total. The van der Waals surface area contributed by atoms with Gasteiger partial charge in [0.2, 0.25) is 0 Å². The van der Waals surface area contributed by atoms with Crippen molar-refractivity contribution in [3.8, 4) is 0 Å². The summed E-state index contributed by atoms with van der Waals surface area (Å²) in [7, 11) is 0. The standard InChI is InChI=1S/C13H13BrOS/c1-9-4-2-3-5-10(9)8-12(15)13-11(14)6-7-16-13/h2-7,12,15H,8H2,1H3. The fourth-order valence-corrected chi connectivity index (χ4v) is 3.31. The van der Waals surface area contributed by atoms with Crippen LogP contribution in [-0.2, 0) is 6.42 Å². The number of hydrogen-bond donors (Lipinski definition) is 1. The third kappa shape index (κ3) is 2.54. The lowest BCUT2D eigenvalue weighted by Gasteiger charge is -2.11. The van der Waals surface area contributed by atoms with Crippen molar-refractivity contribution in [3.63, 3.8) is 0 Å². The Labute approximate surface area is 108 Å². The predicted octanol–water partition coefficient (Wildman–Crippen LogP) is 4.10. The van der Waals surface area contributed by atoms with Gasteiger partial charge in [0.25, 0.3) is 0 Å². The number of benzene rings is 1. The van der Waals surface area contributed by atoms with Gasteiger partial charge in [-0.05, 0) is 45.4 Å². The van der Waals surface area contributed by atoms with Crippen molar-refractivity contribution in [1.29, 1.82) is 0 Å². The minimum atomic E-state index is -0.421. The van der Waals surface area contributed by atoms with Crippen LogP contribution in [0.15, 0.2) is 40.2 Å². The molecule has 0 radical (unpaired) electrons. The molecule has 0 aliphatic heterocycles. The van der Waals surface area contributed by atoms with Gasteiger partial charge in [0.05, 0.1) is 6.10 Å². The van der Waals surface area contributed by atoms with Crippen molar-refractivity contribution in [3.05, 3.63) is 56.2 Å². The highest BCUT2D eigenvalue weighted by molar-refractivity contribution is 9.10. The summed E-state index contributed by atoms with van der Waals surface area (Å²) in [5.74, 6) is 0. The van der Waals surface area contributed by atoms with Crippen molar-refractivity contribution in [2.75, 3.05) is 0 Å². The first kappa shape index (κ1) is 11.8. The molecule has 0 saturated carbocycles. The molecule has 1 heterocycles. The Hall–Kier alpha value is -0.640. The van der Waals surface area contributed by atoms with Gasteiger partial charge >= 0.3 is 0 Å². The minimum absolute atomic E-state index is 0.421. The van der Waals surface area contributed by atoms with Crippen LogP contribution >= 0.6 is 27.3 Å². The van der Waals surface area contributed by atoms with Crippen molar-refractivity contribution in [2.24, 2.45) is 0 Å². The zero-order valence-electron chi connectivity index (χ0n) is 8.98. The molecule has 0 saturated heterocycles. The second-order valence-corrected chi connectivity index (χ2v) is 5.58. The zero-order valence-corrected chi connectivity index (χ0v) is 11.4. The first-order valence-corrected chi connectivity index (χ1v) is 6.81. The smallest absolute Gasteiger partial charge is 0.0933 e. The van der Waals surface area contributed by atoms with Gasteiger partial charge in [-0.3, -0.25) is 0 Å².